The summed E-state index contributed by atoms with van der Waals surface area (Å²) >= 11 is 0. The standard InChI is InChI=1S/2C6H8O4/c2*1-6(2)9-4(7)3-5(8)10-6/h2*3H2,1-2H3. The minimum Gasteiger partial charge on any atom is -0.423 e. The number of hydrogen-bond donors (Lipinski definition) is 0. The van der Waals surface area contributed by atoms with Crippen molar-refractivity contribution in [2.75, 3.05) is 0 Å². The predicted molar refractivity (Wildman–Crippen MR) is 61.8 cm³/mol. The average Bonchev–Trinajstić information content (AvgIpc) is 2.08. The Labute approximate surface area is 115 Å². The van der Waals surface area contributed by atoms with Gasteiger partial charge in [0, 0.05) is 27.7 Å². The zero-order valence-corrected chi connectivity index (χ0v) is 11.7. The van der Waals surface area contributed by atoms with E-state index < -0.39 is 35.5 Å². The van der Waals surface area contributed by atoms with Crippen LogP contribution in [0.25, 0.3) is 0 Å². The van der Waals surface area contributed by atoms with Crippen molar-refractivity contribution in [3.8, 4) is 0 Å². The Kier molecular flexibility index (Phi) is 4.36. The molecule has 2 fully saturated rings. The molecule has 0 aromatic carbocycles. The van der Waals surface area contributed by atoms with Gasteiger partial charge in [-0.05, 0) is 0 Å². The number of ether oxygens (including phenoxy) is 4. The van der Waals surface area contributed by atoms with E-state index in [4.69, 9.17) is 0 Å². The highest BCUT2D eigenvalue weighted by atomic mass is 16.7. The molecule has 0 bridgehead atoms. The number of carbonyl (C=O) groups is 4. The molecular formula is C12H16O8. The SMILES string of the molecule is CC1(C)OC(=O)CC(=O)O1.CC1(C)OC(=O)CC(=O)O1. The first kappa shape index (κ1) is 15.9. The van der Waals surface area contributed by atoms with Gasteiger partial charge in [-0.1, -0.05) is 0 Å². The maximum Gasteiger partial charge on any atom is 0.320 e. The Morgan fingerprint density at radius 1 is 0.600 bits per heavy atom. The summed E-state index contributed by atoms with van der Waals surface area (Å²) in [6.45, 7) is 6.06. The first-order valence-corrected chi connectivity index (χ1v) is 5.86. The van der Waals surface area contributed by atoms with Crippen LogP contribution in [-0.4, -0.2) is 35.5 Å². The Bertz CT molecular complexity index is 370. The second-order valence-electron chi connectivity index (χ2n) is 5.05. The molecule has 20 heavy (non-hydrogen) atoms. The van der Waals surface area contributed by atoms with Crippen molar-refractivity contribution in [2.24, 2.45) is 0 Å². The fourth-order valence-electron chi connectivity index (χ4n) is 1.52. The molecular weight excluding hydrogens is 272 g/mol. The summed E-state index contributed by atoms with van der Waals surface area (Å²) in [6, 6.07) is 0. The number of hydrogen-bond acceptors (Lipinski definition) is 8. The molecule has 0 amide bonds. The summed E-state index contributed by atoms with van der Waals surface area (Å²) in [5.41, 5.74) is 0. The molecule has 0 radical (unpaired) electrons. The molecule has 112 valence electrons. The van der Waals surface area contributed by atoms with Crippen LogP contribution in [0.2, 0.25) is 0 Å². The first-order valence-electron chi connectivity index (χ1n) is 5.86. The van der Waals surface area contributed by atoms with E-state index in [0.717, 1.165) is 0 Å². The molecule has 0 aliphatic carbocycles. The van der Waals surface area contributed by atoms with Crippen molar-refractivity contribution in [1.82, 2.24) is 0 Å². The zero-order valence-electron chi connectivity index (χ0n) is 11.7. The number of cyclic esters (lactones) is 4. The summed E-state index contributed by atoms with van der Waals surface area (Å²) in [6.07, 6.45) is -0.549. The van der Waals surface area contributed by atoms with Crippen LogP contribution in [0.15, 0.2) is 0 Å². The lowest BCUT2D eigenvalue weighted by atomic mass is 10.3. The third-order valence-corrected chi connectivity index (χ3v) is 2.02. The monoisotopic (exact) mass is 288 g/mol. The highest BCUT2D eigenvalue weighted by Gasteiger charge is 2.34. The lowest BCUT2D eigenvalue weighted by molar-refractivity contribution is -0.233. The van der Waals surface area contributed by atoms with Gasteiger partial charge in [0.1, 0.15) is 12.8 Å². The van der Waals surface area contributed by atoms with Crippen LogP contribution >= 0.6 is 0 Å². The maximum absolute atomic E-state index is 10.6. The lowest BCUT2D eigenvalue weighted by Crippen LogP contribution is -2.39. The van der Waals surface area contributed by atoms with E-state index in [-0.39, 0.29) is 12.8 Å². The van der Waals surface area contributed by atoms with Crippen LogP contribution in [0.1, 0.15) is 40.5 Å². The van der Waals surface area contributed by atoms with Gasteiger partial charge in [0.2, 0.25) is 0 Å². The summed E-state index contributed by atoms with van der Waals surface area (Å²) in [4.78, 5) is 42.3. The molecule has 0 aromatic heterocycles. The first-order chi connectivity index (χ1) is 8.99. The molecule has 0 unspecified atom stereocenters. The normalized spacial score (nSPS) is 23.4. The molecule has 2 heterocycles. The van der Waals surface area contributed by atoms with Crippen LogP contribution < -0.4 is 0 Å². The van der Waals surface area contributed by atoms with Crippen molar-refractivity contribution in [3.63, 3.8) is 0 Å². The second kappa shape index (κ2) is 5.48. The topological polar surface area (TPSA) is 105 Å². The van der Waals surface area contributed by atoms with Crippen molar-refractivity contribution in [1.29, 1.82) is 0 Å². The molecule has 2 saturated heterocycles. The van der Waals surface area contributed by atoms with Crippen molar-refractivity contribution in [2.45, 2.75) is 52.1 Å². The summed E-state index contributed by atoms with van der Waals surface area (Å²) in [5.74, 6) is -4.26. The van der Waals surface area contributed by atoms with Crippen LogP contribution in [-0.2, 0) is 38.1 Å². The van der Waals surface area contributed by atoms with Gasteiger partial charge in [-0.2, -0.15) is 0 Å². The molecule has 2 rings (SSSR count). The van der Waals surface area contributed by atoms with Crippen molar-refractivity contribution >= 4 is 23.9 Å². The predicted octanol–water partition coefficient (Wildman–Crippen LogP) is 0.425. The minimum absolute atomic E-state index is 0.274. The van der Waals surface area contributed by atoms with Crippen LogP contribution in [0, 0.1) is 0 Å². The number of carbonyl (C=O) groups excluding carboxylic acids is 4. The second-order valence-corrected chi connectivity index (χ2v) is 5.05. The molecule has 8 nitrogen and oxygen atoms in total. The van der Waals surface area contributed by atoms with E-state index >= 15 is 0 Å². The fraction of sp³-hybridized carbons (Fsp3) is 0.667. The maximum atomic E-state index is 10.6. The Morgan fingerprint density at radius 2 is 0.800 bits per heavy atom. The third-order valence-electron chi connectivity index (χ3n) is 2.02. The largest absolute Gasteiger partial charge is 0.423 e. The fourth-order valence-corrected chi connectivity index (χ4v) is 1.52. The number of rotatable bonds is 0. The van der Waals surface area contributed by atoms with E-state index in [2.05, 4.69) is 18.9 Å². The van der Waals surface area contributed by atoms with Gasteiger partial charge in [0.05, 0.1) is 0 Å². The summed E-state index contributed by atoms with van der Waals surface area (Å²) in [5, 5.41) is 0. The lowest BCUT2D eigenvalue weighted by Gasteiger charge is -2.28. The van der Waals surface area contributed by atoms with Gasteiger partial charge in [0.15, 0.2) is 0 Å². The van der Waals surface area contributed by atoms with Crippen molar-refractivity contribution < 1.29 is 38.1 Å². The minimum atomic E-state index is -1.08. The molecule has 0 N–H and O–H groups in total. The van der Waals surface area contributed by atoms with E-state index in [9.17, 15) is 19.2 Å². The van der Waals surface area contributed by atoms with Gasteiger partial charge in [0.25, 0.3) is 11.6 Å². The summed E-state index contributed by atoms with van der Waals surface area (Å²) < 4.78 is 18.6. The van der Waals surface area contributed by atoms with Crippen LogP contribution in [0.5, 0.6) is 0 Å². The van der Waals surface area contributed by atoms with Gasteiger partial charge in [-0.25, -0.2) is 0 Å². The van der Waals surface area contributed by atoms with Gasteiger partial charge in [-0.15, -0.1) is 0 Å². The molecule has 0 saturated carbocycles. The summed E-state index contributed by atoms with van der Waals surface area (Å²) in [7, 11) is 0. The molecule has 8 heteroatoms. The molecule has 0 aromatic rings. The molecule has 2 aliphatic heterocycles. The van der Waals surface area contributed by atoms with E-state index in [1.54, 1.807) is 0 Å². The molecule has 2 aliphatic rings. The highest BCUT2D eigenvalue weighted by Crippen LogP contribution is 2.19. The van der Waals surface area contributed by atoms with Crippen molar-refractivity contribution in [3.05, 3.63) is 0 Å². The third kappa shape index (κ3) is 5.25. The zero-order chi connectivity index (χ0) is 15.6. The quantitative estimate of drug-likeness (QED) is 0.466. The Balaban J connectivity index is 0.000000200. The molecule has 0 spiro atoms. The smallest absolute Gasteiger partial charge is 0.320 e. The van der Waals surface area contributed by atoms with E-state index in [1.807, 2.05) is 0 Å². The van der Waals surface area contributed by atoms with E-state index in [0.29, 0.717) is 0 Å². The Hall–Kier alpha value is -2.12. The Morgan fingerprint density at radius 3 is 0.950 bits per heavy atom. The highest BCUT2D eigenvalue weighted by molar-refractivity contribution is 5.93. The molecule has 0 atom stereocenters. The van der Waals surface area contributed by atoms with Gasteiger partial charge in [-0.3, -0.25) is 19.2 Å². The van der Waals surface area contributed by atoms with Crippen LogP contribution in [0.3, 0.4) is 0 Å². The van der Waals surface area contributed by atoms with E-state index in [1.165, 1.54) is 27.7 Å². The van der Waals surface area contributed by atoms with Crippen LogP contribution in [0.4, 0.5) is 0 Å². The van der Waals surface area contributed by atoms with Gasteiger partial charge < -0.3 is 18.9 Å². The number of esters is 4. The average molecular weight is 288 g/mol. The van der Waals surface area contributed by atoms with Gasteiger partial charge >= 0.3 is 23.9 Å².